The Kier molecular flexibility index (Phi) is 4.55. The van der Waals surface area contributed by atoms with Crippen LogP contribution in [0.4, 0.5) is 11.4 Å². The SMILES string of the molecule is CCCNc1cncc(NC2CCC(=O)N(C)C2=O)c1. The Morgan fingerprint density at radius 2 is 2.10 bits per heavy atom. The third-order valence-corrected chi connectivity index (χ3v) is 3.31. The lowest BCUT2D eigenvalue weighted by Crippen LogP contribution is -2.48. The van der Waals surface area contributed by atoms with Gasteiger partial charge in [0.15, 0.2) is 0 Å². The highest BCUT2D eigenvalue weighted by atomic mass is 16.2. The van der Waals surface area contributed by atoms with Gasteiger partial charge in [-0.3, -0.25) is 19.5 Å². The molecule has 0 saturated carbocycles. The fourth-order valence-electron chi connectivity index (χ4n) is 2.14. The maximum absolute atomic E-state index is 12.0. The van der Waals surface area contributed by atoms with Crippen LogP contribution < -0.4 is 10.6 Å². The lowest BCUT2D eigenvalue weighted by Gasteiger charge is -2.28. The molecule has 2 heterocycles. The van der Waals surface area contributed by atoms with E-state index in [4.69, 9.17) is 0 Å². The second kappa shape index (κ2) is 6.36. The molecular formula is C14H20N4O2. The Hall–Kier alpha value is -2.11. The van der Waals surface area contributed by atoms with E-state index in [-0.39, 0.29) is 17.9 Å². The number of hydrogen-bond donors (Lipinski definition) is 2. The first-order valence-corrected chi connectivity index (χ1v) is 6.87. The number of rotatable bonds is 5. The fraction of sp³-hybridized carbons (Fsp3) is 0.500. The summed E-state index contributed by atoms with van der Waals surface area (Å²) in [7, 11) is 1.52. The van der Waals surface area contributed by atoms with Crippen molar-refractivity contribution in [2.45, 2.75) is 32.2 Å². The standard InChI is InChI=1S/C14H20N4O2/c1-3-6-16-10-7-11(9-15-8-10)17-12-4-5-13(19)18(2)14(12)20/h7-9,12,16-17H,3-6H2,1-2H3. The summed E-state index contributed by atoms with van der Waals surface area (Å²) in [5, 5.41) is 6.40. The molecular weight excluding hydrogens is 256 g/mol. The van der Waals surface area contributed by atoms with Crippen LogP contribution in [-0.4, -0.2) is 41.3 Å². The van der Waals surface area contributed by atoms with E-state index < -0.39 is 0 Å². The number of nitrogens with one attached hydrogen (secondary N) is 2. The summed E-state index contributed by atoms with van der Waals surface area (Å²) in [4.78, 5) is 28.8. The number of carbonyl (C=O) groups excluding carboxylic acids is 2. The highest BCUT2D eigenvalue weighted by Crippen LogP contribution is 2.19. The Labute approximate surface area is 118 Å². The summed E-state index contributed by atoms with van der Waals surface area (Å²) in [6.45, 7) is 2.97. The van der Waals surface area contributed by atoms with Gasteiger partial charge in [-0.05, 0) is 18.9 Å². The minimum atomic E-state index is -0.360. The number of imide groups is 1. The van der Waals surface area contributed by atoms with Gasteiger partial charge in [0.2, 0.25) is 5.91 Å². The molecule has 108 valence electrons. The second-order valence-electron chi connectivity index (χ2n) is 4.92. The zero-order valence-electron chi connectivity index (χ0n) is 11.8. The van der Waals surface area contributed by atoms with Crippen molar-refractivity contribution < 1.29 is 9.59 Å². The van der Waals surface area contributed by atoms with Gasteiger partial charge in [-0.25, -0.2) is 0 Å². The van der Waals surface area contributed by atoms with Crippen molar-refractivity contribution in [3.05, 3.63) is 18.5 Å². The molecule has 6 heteroatoms. The molecule has 6 nitrogen and oxygen atoms in total. The van der Waals surface area contributed by atoms with Crippen LogP contribution in [0.1, 0.15) is 26.2 Å². The van der Waals surface area contributed by atoms with E-state index in [0.29, 0.717) is 12.8 Å². The summed E-state index contributed by atoms with van der Waals surface area (Å²) < 4.78 is 0. The molecule has 1 aliphatic rings. The van der Waals surface area contributed by atoms with Crippen LogP contribution in [0, 0.1) is 0 Å². The van der Waals surface area contributed by atoms with E-state index >= 15 is 0 Å². The van der Waals surface area contributed by atoms with Gasteiger partial charge in [-0.15, -0.1) is 0 Å². The molecule has 20 heavy (non-hydrogen) atoms. The van der Waals surface area contributed by atoms with E-state index in [1.807, 2.05) is 6.07 Å². The van der Waals surface area contributed by atoms with Crippen LogP contribution in [0.25, 0.3) is 0 Å². The van der Waals surface area contributed by atoms with Gasteiger partial charge in [0.1, 0.15) is 6.04 Å². The molecule has 0 aromatic carbocycles. The number of likely N-dealkylation sites (tertiary alicyclic amines) is 1. The van der Waals surface area contributed by atoms with Crippen molar-refractivity contribution in [3.8, 4) is 0 Å². The van der Waals surface area contributed by atoms with Gasteiger partial charge >= 0.3 is 0 Å². The van der Waals surface area contributed by atoms with Gasteiger partial charge in [0.25, 0.3) is 5.91 Å². The molecule has 2 rings (SSSR count). The second-order valence-corrected chi connectivity index (χ2v) is 4.92. The molecule has 0 radical (unpaired) electrons. The van der Waals surface area contributed by atoms with Crippen LogP contribution in [0.15, 0.2) is 18.5 Å². The summed E-state index contributed by atoms with van der Waals surface area (Å²) >= 11 is 0. The van der Waals surface area contributed by atoms with Crippen molar-refractivity contribution in [3.63, 3.8) is 0 Å². The van der Waals surface area contributed by atoms with Crippen LogP contribution in [0.2, 0.25) is 0 Å². The maximum Gasteiger partial charge on any atom is 0.251 e. The fourth-order valence-corrected chi connectivity index (χ4v) is 2.14. The van der Waals surface area contributed by atoms with Crippen LogP contribution in [0.5, 0.6) is 0 Å². The molecule has 2 amide bonds. The smallest absolute Gasteiger partial charge is 0.251 e. The minimum Gasteiger partial charge on any atom is -0.384 e. The van der Waals surface area contributed by atoms with Crippen molar-refractivity contribution in [2.24, 2.45) is 0 Å². The van der Waals surface area contributed by atoms with Crippen LogP contribution >= 0.6 is 0 Å². The molecule has 1 aromatic rings. The average Bonchev–Trinajstić information content (AvgIpc) is 2.46. The molecule has 1 saturated heterocycles. The highest BCUT2D eigenvalue weighted by molar-refractivity contribution is 6.01. The number of carbonyl (C=O) groups is 2. The number of amides is 2. The molecule has 0 spiro atoms. The molecule has 0 bridgehead atoms. The van der Waals surface area contributed by atoms with E-state index in [0.717, 1.165) is 24.3 Å². The zero-order chi connectivity index (χ0) is 14.5. The summed E-state index contributed by atoms with van der Waals surface area (Å²) in [5.41, 5.74) is 1.71. The minimum absolute atomic E-state index is 0.121. The normalized spacial score (nSPS) is 19.1. The van der Waals surface area contributed by atoms with Crippen LogP contribution in [-0.2, 0) is 9.59 Å². The highest BCUT2D eigenvalue weighted by Gasteiger charge is 2.31. The zero-order valence-corrected chi connectivity index (χ0v) is 11.8. The van der Waals surface area contributed by atoms with E-state index in [1.165, 1.54) is 11.9 Å². The number of hydrogen-bond acceptors (Lipinski definition) is 5. The quantitative estimate of drug-likeness (QED) is 0.796. The summed E-state index contributed by atoms with van der Waals surface area (Å²) in [6.07, 6.45) is 5.38. The summed E-state index contributed by atoms with van der Waals surface area (Å²) in [6, 6.07) is 1.56. The molecule has 1 unspecified atom stereocenters. The third kappa shape index (κ3) is 3.26. The van der Waals surface area contributed by atoms with Gasteiger partial charge < -0.3 is 10.6 Å². The molecule has 1 aromatic heterocycles. The first-order chi connectivity index (χ1) is 9.61. The molecule has 1 aliphatic heterocycles. The number of piperidine rings is 1. The van der Waals surface area contributed by atoms with Gasteiger partial charge in [0, 0.05) is 20.0 Å². The third-order valence-electron chi connectivity index (χ3n) is 3.31. The molecule has 2 N–H and O–H groups in total. The van der Waals surface area contributed by atoms with Crippen molar-refractivity contribution >= 4 is 23.2 Å². The predicted molar refractivity (Wildman–Crippen MR) is 77.4 cm³/mol. The molecule has 0 aliphatic carbocycles. The predicted octanol–water partition coefficient (Wildman–Crippen LogP) is 1.46. The largest absolute Gasteiger partial charge is 0.384 e. The average molecular weight is 276 g/mol. The number of likely N-dealkylation sites (N-methyl/N-ethyl adjacent to an activating group) is 1. The monoisotopic (exact) mass is 276 g/mol. The Morgan fingerprint density at radius 1 is 1.35 bits per heavy atom. The number of anilines is 2. The Bertz CT molecular complexity index is 504. The number of nitrogens with zero attached hydrogens (tertiary/aromatic N) is 2. The van der Waals surface area contributed by atoms with Crippen molar-refractivity contribution in [1.29, 1.82) is 0 Å². The van der Waals surface area contributed by atoms with Gasteiger partial charge in [0.05, 0.1) is 23.8 Å². The Morgan fingerprint density at radius 3 is 2.85 bits per heavy atom. The van der Waals surface area contributed by atoms with E-state index in [1.54, 1.807) is 12.4 Å². The first-order valence-electron chi connectivity index (χ1n) is 6.87. The molecule has 1 fully saturated rings. The van der Waals surface area contributed by atoms with Crippen LogP contribution in [0.3, 0.4) is 0 Å². The number of pyridine rings is 1. The lowest BCUT2D eigenvalue weighted by molar-refractivity contribution is -0.146. The summed E-state index contributed by atoms with van der Waals surface area (Å²) in [5.74, 6) is -0.308. The maximum atomic E-state index is 12.0. The Balaban J connectivity index is 2.02. The lowest BCUT2D eigenvalue weighted by atomic mass is 10.0. The van der Waals surface area contributed by atoms with E-state index in [9.17, 15) is 9.59 Å². The van der Waals surface area contributed by atoms with Crippen molar-refractivity contribution in [2.75, 3.05) is 24.2 Å². The van der Waals surface area contributed by atoms with E-state index in [2.05, 4.69) is 22.5 Å². The topological polar surface area (TPSA) is 74.3 Å². The first kappa shape index (κ1) is 14.3. The molecule has 1 atom stereocenters. The van der Waals surface area contributed by atoms with Crippen molar-refractivity contribution in [1.82, 2.24) is 9.88 Å². The number of aromatic nitrogens is 1. The van der Waals surface area contributed by atoms with Gasteiger partial charge in [-0.2, -0.15) is 0 Å². The van der Waals surface area contributed by atoms with Gasteiger partial charge in [-0.1, -0.05) is 6.92 Å².